The van der Waals surface area contributed by atoms with E-state index in [0.717, 1.165) is 32.7 Å². The topological polar surface area (TPSA) is 66.4 Å². The summed E-state index contributed by atoms with van der Waals surface area (Å²) in [6, 6.07) is 35.1. The highest BCUT2D eigenvalue weighted by Gasteiger charge is 2.33. The van der Waals surface area contributed by atoms with E-state index in [1.807, 2.05) is 115 Å². The van der Waals surface area contributed by atoms with Crippen molar-refractivity contribution in [2.45, 2.75) is 12.0 Å². The highest BCUT2D eigenvalue weighted by Crippen LogP contribution is 2.31. The van der Waals surface area contributed by atoms with Crippen molar-refractivity contribution in [3.05, 3.63) is 132 Å². The van der Waals surface area contributed by atoms with Crippen LogP contribution in [0.4, 0.5) is 0 Å². The van der Waals surface area contributed by atoms with Gasteiger partial charge in [-0.2, -0.15) is 0 Å². The number of fused-ring (bicyclic) bond motifs is 2. The van der Waals surface area contributed by atoms with E-state index in [1.165, 1.54) is 0 Å². The van der Waals surface area contributed by atoms with Gasteiger partial charge >= 0.3 is 5.97 Å². The summed E-state index contributed by atoms with van der Waals surface area (Å²) in [6.45, 7) is 0. The summed E-state index contributed by atoms with van der Waals surface area (Å²) in [4.78, 5) is 26.3. The molecule has 0 heterocycles. The van der Waals surface area contributed by atoms with Gasteiger partial charge < -0.3 is 10.4 Å². The van der Waals surface area contributed by atoms with Crippen LogP contribution in [0.5, 0.6) is 0 Å². The quantitative estimate of drug-likeness (QED) is 0.315. The molecule has 1 amide bonds. The average Bonchev–Trinajstić information content (AvgIpc) is 2.88. The lowest BCUT2D eigenvalue weighted by molar-refractivity contribution is -0.139. The molecule has 0 aliphatic carbocycles. The Morgan fingerprint density at radius 3 is 1.53 bits per heavy atom. The van der Waals surface area contributed by atoms with Gasteiger partial charge in [-0.05, 0) is 38.7 Å². The third-order valence-electron chi connectivity index (χ3n) is 6.20. The molecule has 0 spiro atoms. The number of nitrogens with one attached hydrogen (secondary N) is 1. The Balaban J connectivity index is 1.63. The number of carboxylic acid groups (broad SMARTS) is 1. The third kappa shape index (κ3) is 4.02. The van der Waals surface area contributed by atoms with E-state index in [0.29, 0.717) is 5.56 Å². The van der Waals surface area contributed by atoms with Crippen LogP contribution in [0.15, 0.2) is 115 Å². The van der Waals surface area contributed by atoms with Crippen LogP contribution >= 0.6 is 0 Å². The SMILES string of the molecule is O=C(N[C@@H](C(=O)O)C(c1ccccc1)c1ccccc1)c1c2ccccc2cc2ccccc12. The minimum atomic E-state index is -1.16. The Morgan fingerprint density at radius 1 is 0.618 bits per heavy atom. The first kappa shape index (κ1) is 21.4. The molecule has 1 atom stereocenters. The van der Waals surface area contributed by atoms with Crippen molar-refractivity contribution < 1.29 is 14.7 Å². The fourth-order valence-electron chi connectivity index (χ4n) is 4.66. The minimum Gasteiger partial charge on any atom is -0.480 e. The molecule has 5 aromatic rings. The Kier molecular flexibility index (Phi) is 5.79. The molecule has 4 nitrogen and oxygen atoms in total. The van der Waals surface area contributed by atoms with Gasteiger partial charge in [0.1, 0.15) is 6.04 Å². The zero-order valence-corrected chi connectivity index (χ0v) is 18.4. The second kappa shape index (κ2) is 9.20. The Morgan fingerprint density at radius 2 is 1.06 bits per heavy atom. The van der Waals surface area contributed by atoms with Crippen LogP contribution in [0.3, 0.4) is 0 Å². The number of hydrogen-bond donors (Lipinski definition) is 2. The number of benzene rings is 5. The average molecular weight is 446 g/mol. The van der Waals surface area contributed by atoms with Gasteiger partial charge in [0.25, 0.3) is 5.91 Å². The van der Waals surface area contributed by atoms with E-state index in [1.54, 1.807) is 0 Å². The number of carbonyl (C=O) groups is 2. The molecule has 34 heavy (non-hydrogen) atoms. The molecule has 0 radical (unpaired) electrons. The lowest BCUT2D eigenvalue weighted by Gasteiger charge is -2.26. The Bertz CT molecular complexity index is 1390. The summed E-state index contributed by atoms with van der Waals surface area (Å²) < 4.78 is 0. The predicted octanol–water partition coefficient (Wildman–Crippen LogP) is 6.01. The van der Waals surface area contributed by atoms with Crippen LogP contribution in [0, 0.1) is 0 Å². The summed E-state index contributed by atoms with van der Waals surface area (Å²) in [5, 5.41) is 16.6. The first-order valence-electron chi connectivity index (χ1n) is 11.2. The molecule has 0 fully saturated rings. The van der Waals surface area contributed by atoms with Crippen LogP contribution in [0.25, 0.3) is 21.5 Å². The second-order valence-corrected chi connectivity index (χ2v) is 8.28. The first-order valence-corrected chi connectivity index (χ1v) is 11.2. The largest absolute Gasteiger partial charge is 0.480 e. The number of carbonyl (C=O) groups excluding carboxylic acids is 1. The lowest BCUT2D eigenvalue weighted by Crippen LogP contribution is -2.45. The van der Waals surface area contributed by atoms with Gasteiger partial charge in [-0.1, -0.05) is 109 Å². The van der Waals surface area contributed by atoms with Gasteiger partial charge in [-0.25, -0.2) is 4.79 Å². The van der Waals surface area contributed by atoms with Gasteiger partial charge in [0.05, 0.1) is 5.56 Å². The third-order valence-corrected chi connectivity index (χ3v) is 6.20. The van der Waals surface area contributed by atoms with Gasteiger partial charge in [0, 0.05) is 5.92 Å². The molecule has 0 bridgehead atoms. The maximum Gasteiger partial charge on any atom is 0.327 e. The van der Waals surface area contributed by atoms with Crippen molar-refractivity contribution in [1.29, 1.82) is 0 Å². The highest BCUT2D eigenvalue weighted by molar-refractivity contribution is 6.18. The van der Waals surface area contributed by atoms with Crippen LogP contribution in [-0.2, 0) is 4.79 Å². The molecule has 0 aliphatic rings. The summed E-state index contributed by atoms with van der Waals surface area (Å²) >= 11 is 0. The molecular weight excluding hydrogens is 422 g/mol. The molecule has 0 aliphatic heterocycles. The predicted molar refractivity (Wildman–Crippen MR) is 135 cm³/mol. The van der Waals surface area contributed by atoms with Crippen molar-refractivity contribution in [2.24, 2.45) is 0 Å². The highest BCUT2D eigenvalue weighted by atomic mass is 16.4. The number of rotatable bonds is 6. The molecule has 0 aromatic heterocycles. The van der Waals surface area contributed by atoms with E-state index >= 15 is 0 Å². The van der Waals surface area contributed by atoms with Gasteiger partial charge in [0.15, 0.2) is 0 Å². The molecule has 5 rings (SSSR count). The van der Waals surface area contributed by atoms with Gasteiger partial charge in [-0.3, -0.25) is 4.79 Å². The summed E-state index contributed by atoms with van der Waals surface area (Å²) in [7, 11) is 0. The smallest absolute Gasteiger partial charge is 0.327 e. The number of amides is 1. The van der Waals surface area contributed by atoms with Crippen molar-refractivity contribution in [2.75, 3.05) is 0 Å². The Hall–Kier alpha value is -4.44. The lowest BCUT2D eigenvalue weighted by atomic mass is 9.84. The molecule has 0 saturated carbocycles. The summed E-state index contributed by atoms with van der Waals surface area (Å²) in [5.74, 6) is -2.04. The molecule has 0 unspecified atom stereocenters. The fraction of sp³-hybridized carbons (Fsp3) is 0.0667. The molecule has 166 valence electrons. The van der Waals surface area contributed by atoms with E-state index in [9.17, 15) is 14.7 Å². The summed E-state index contributed by atoms with van der Waals surface area (Å²) in [6.07, 6.45) is 0. The van der Waals surface area contributed by atoms with Crippen LogP contribution in [-0.4, -0.2) is 23.0 Å². The summed E-state index contributed by atoms with van der Waals surface area (Å²) in [5.41, 5.74) is 2.13. The van der Waals surface area contributed by atoms with E-state index in [-0.39, 0.29) is 0 Å². The maximum absolute atomic E-state index is 13.8. The molecule has 4 heteroatoms. The van der Waals surface area contributed by atoms with Crippen molar-refractivity contribution in [3.63, 3.8) is 0 Å². The number of hydrogen-bond acceptors (Lipinski definition) is 2. The molecule has 5 aromatic carbocycles. The van der Waals surface area contributed by atoms with E-state index in [4.69, 9.17) is 0 Å². The monoisotopic (exact) mass is 445 g/mol. The van der Waals surface area contributed by atoms with Crippen molar-refractivity contribution >= 4 is 33.4 Å². The normalized spacial score (nSPS) is 12.0. The maximum atomic E-state index is 13.8. The van der Waals surface area contributed by atoms with Gasteiger partial charge in [-0.15, -0.1) is 0 Å². The van der Waals surface area contributed by atoms with Crippen LogP contribution in [0.2, 0.25) is 0 Å². The number of carboxylic acids is 1. The van der Waals surface area contributed by atoms with E-state index < -0.39 is 23.8 Å². The molecule has 2 N–H and O–H groups in total. The van der Waals surface area contributed by atoms with E-state index in [2.05, 4.69) is 5.32 Å². The van der Waals surface area contributed by atoms with Gasteiger partial charge in [0.2, 0.25) is 0 Å². The number of aliphatic carboxylic acids is 1. The molecule has 0 saturated heterocycles. The van der Waals surface area contributed by atoms with Crippen LogP contribution in [0.1, 0.15) is 27.4 Å². The first-order chi connectivity index (χ1) is 16.6. The van der Waals surface area contributed by atoms with Crippen LogP contribution < -0.4 is 5.32 Å². The van der Waals surface area contributed by atoms with Crippen molar-refractivity contribution in [1.82, 2.24) is 5.32 Å². The fourth-order valence-corrected chi connectivity index (χ4v) is 4.66. The zero-order valence-electron chi connectivity index (χ0n) is 18.4. The second-order valence-electron chi connectivity index (χ2n) is 8.28. The minimum absolute atomic E-state index is 0.405. The Labute approximate surface area is 197 Å². The standard InChI is InChI=1S/C30H23NO3/c32-29(27-24-17-9-7-15-22(24)19-23-16-8-10-18-25(23)27)31-28(30(33)34)26(20-11-3-1-4-12-20)21-13-5-2-6-14-21/h1-19,26,28H,(H,31,32)(H,33,34)/t28-/m1/s1. The van der Waals surface area contributed by atoms with Crippen molar-refractivity contribution in [3.8, 4) is 0 Å². The zero-order chi connectivity index (χ0) is 23.5. The molecular formula is C30H23NO3.